The lowest BCUT2D eigenvalue weighted by atomic mass is 9.89. The summed E-state index contributed by atoms with van der Waals surface area (Å²) in [4.78, 5) is 97.7. The standard InChI is InChI=1S/C53H87BrN8O9/c1-12-36(6)48(60(9)53(68)46(34(2)3)58-51(66)47(35(4)5)59(8)26-18-14-13-17-25-55-44(63)32-54)43(69-10)31-45(64)61-27-21-24-42(61)49(70-11)37(7)50(65)57-41(52(67)62-28-19-20-29-71-62)30-38-33-56-40-23-16-15-22-39(38)40/h15-16,22-23,33-37,41-43,46-49,56H,12-14,17-21,24-32H2,1-11H3,(H,55,63)(H,57,65)(H,58,66). The van der Waals surface area contributed by atoms with Crippen LogP contribution < -0.4 is 16.0 Å². The molecule has 0 saturated carbocycles. The molecule has 1 aromatic carbocycles. The van der Waals surface area contributed by atoms with Crippen LogP contribution in [0.3, 0.4) is 0 Å². The Kier molecular flexibility index (Phi) is 24.8. The number of hydroxylamine groups is 2. The Morgan fingerprint density at radius 1 is 0.887 bits per heavy atom. The molecule has 4 rings (SSSR count). The largest absolute Gasteiger partial charge is 0.379 e. The quantitative estimate of drug-likeness (QED) is 0.0569. The van der Waals surface area contributed by atoms with E-state index in [4.69, 9.17) is 14.3 Å². The van der Waals surface area contributed by atoms with Crippen molar-refractivity contribution in [2.45, 2.75) is 162 Å². The number of rotatable bonds is 29. The van der Waals surface area contributed by atoms with Crippen LogP contribution in [0.5, 0.6) is 0 Å². The lowest BCUT2D eigenvalue weighted by molar-refractivity contribution is -0.199. The van der Waals surface area contributed by atoms with Crippen LogP contribution in [0, 0.1) is 23.7 Å². The third-order valence-corrected chi connectivity index (χ3v) is 15.2. The normalized spacial score (nSPS) is 18.7. The van der Waals surface area contributed by atoms with Crippen LogP contribution in [0.1, 0.15) is 118 Å². The fourth-order valence-corrected chi connectivity index (χ4v) is 10.7. The number of hydrogen-bond acceptors (Lipinski definition) is 10. The molecule has 0 radical (unpaired) electrons. The van der Waals surface area contributed by atoms with Gasteiger partial charge in [-0.05, 0) is 81.5 Å². The van der Waals surface area contributed by atoms with Crippen LogP contribution in [0.15, 0.2) is 30.5 Å². The van der Waals surface area contributed by atoms with E-state index in [-0.39, 0.29) is 66.0 Å². The highest BCUT2D eigenvalue weighted by Gasteiger charge is 2.44. The molecule has 6 amide bonds. The van der Waals surface area contributed by atoms with E-state index in [0.717, 1.165) is 55.0 Å². The Morgan fingerprint density at radius 3 is 2.24 bits per heavy atom. The lowest BCUT2D eigenvalue weighted by Gasteiger charge is -2.41. The van der Waals surface area contributed by atoms with Gasteiger partial charge in [-0.15, -0.1) is 0 Å². The number of ether oxygens (including phenoxy) is 2. The average Bonchev–Trinajstić information content (AvgIpc) is 4.02. The van der Waals surface area contributed by atoms with Crippen molar-refractivity contribution in [1.82, 2.24) is 40.7 Å². The second-order valence-corrected chi connectivity index (χ2v) is 21.1. The van der Waals surface area contributed by atoms with E-state index in [2.05, 4.69) is 41.8 Å². The van der Waals surface area contributed by atoms with Gasteiger partial charge in [0.25, 0.3) is 5.91 Å². The first-order valence-electron chi connectivity index (χ1n) is 26.1. The number of fused-ring (bicyclic) bond motifs is 1. The maximum Gasteiger partial charge on any atom is 0.269 e. The number of carbonyl (C=O) groups is 6. The molecular formula is C53H87BrN8O9. The van der Waals surface area contributed by atoms with Crippen molar-refractivity contribution >= 4 is 62.3 Å². The van der Waals surface area contributed by atoms with Crippen molar-refractivity contribution in [2.24, 2.45) is 23.7 Å². The molecule has 9 unspecified atom stereocenters. The summed E-state index contributed by atoms with van der Waals surface area (Å²) < 4.78 is 12.2. The fourth-order valence-electron chi connectivity index (χ4n) is 10.5. The summed E-state index contributed by atoms with van der Waals surface area (Å²) >= 11 is 3.17. The second-order valence-electron chi connectivity index (χ2n) is 20.5. The SMILES string of the molecule is CCC(C)C(C(CC(=O)N1CCCC1C(OC)C(C)C(=O)NC(Cc1c[nH]c2ccccc12)C(=O)N1CCCCO1)OC)N(C)C(=O)C(NC(=O)C(C(C)C)N(C)CCCCCCNC(=O)CBr)C(C)C. The fraction of sp³-hybridized carbons (Fsp3) is 0.736. The monoisotopic (exact) mass is 1060 g/mol. The van der Waals surface area contributed by atoms with Crippen molar-refractivity contribution in [2.75, 3.05) is 66.4 Å². The summed E-state index contributed by atoms with van der Waals surface area (Å²) in [5.41, 5.74) is 1.83. The maximum atomic E-state index is 14.7. The molecular weight excluding hydrogens is 973 g/mol. The van der Waals surface area contributed by atoms with Crippen molar-refractivity contribution in [3.8, 4) is 0 Å². The Balaban J connectivity index is 1.45. The molecule has 2 aliphatic heterocycles. The molecule has 0 spiro atoms. The zero-order valence-corrected chi connectivity index (χ0v) is 46.2. The Bertz CT molecular complexity index is 2010. The number of H-pyrrole nitrogens is 1. The average molecular weight is 1060 g/mol. The first-order chi connectivity index (χ1) is 33.9. The number of unbranched alkanes of at least 4 members (excludes halogenated alkanes) is 3. The van der Waals surface area contributed by atoms with Crippen LogP contribution in [0.25, 0.3) is 10.9 Å². The number of nitrogens with zero attached hydrogens (tertiary/aromatic N) is 4. The summed E-state index contributed by atoms with van der Waals surface area (Å²) in [5, 5.41) is 11.7. The number of likely N-dealkylation sites (tertiary alicyclic amines) is 1. The smallest absolute Gasteiger partial charge is 0.269 e. The number of amides is 6. The molecule has 1 aromatic heterocycles. The third-order valence-electron chi connectivity index (χ3n) is 14.7. The van der Waals surface area contributed by atoms with Crippen molar-refractivity contribution < 1.29 is 43.1 Å². The van der Waals surface area contributed by atoms with E-state index in [1.54, 1.807) is 38.0 Å². The molecule has 4 N–H and O–H groups in total. The molecule has 9 atom stereocenters. The lowest BCUT2D eigenvalue weighted by Crippen LogP contribution is -2.60. The van der Waals surface area contributed by atoms with Gasteiger partial charge in [0.15, 0.2) is 0 Å². The maximum absolute atomic E-state index is 14.7. The van der Waals surface area contributed by atoms with Gasteiger partial charge in [-0.3, -0.25) is 38.5 Å². The number of carbonyl (C=O) groups excluding carboxylic acids is 6. The molecule has 2 aliphatic rings. The number of nitrogens with one attached hydrogen (secondary N) is 4. The first kappa shape index (κ1) is 59.5. The zero-order chi connectivity index (χ0) is 52.4. The van der Waals surface area contributed by atoms with Crippen LogP contribution in [0.2, 0.25) is 0 Å². The number of hydrogen-bond donors (Lipinski definition) is 4. The van der Waals surface area contributed by atoms with E-state index >= 15 is 0 Å². The highest BCUT2D eigenvalue weighted by atomic mass is 79.9. The van der Waals surface area contributed by atoms with Gasteiger partial charge in [0.2, 0.25) is 29.5 Å². The molecule has 2 aromatic rings. The molecule has 0 aliphatic carbocycles. The number of methoxy groups -OCH3 is 2. The molecule has 400 valence electrons. The van der Waals surface area contributed by atoms with Gasteiger partial charge < -0.3 is 40.2 Å². The molecule has 18 heteroatoms. The van der Waals surface area contributed by atoms with Gasteiger partial charge in [0.05, 0.1) is 54.6 Å². The van der Waals surface area contributed by atoms with E-state index in [1.807, 2.05) is 79.1 Å². The number of aromatic nitrogens is 1. The number of likely N-dealkylation sites (N-methyl/N-ethyl adjacent to an activating group) is 2. The van der Waals surface area contributed by atoms with E-state index in [9.17, 15) is 28.8 Å². The molecule has 0 bridgehead atoms. The second kappa shape index (κ2) is 29.6. The summed E-state index contributed by atoms with van der Waals surface area (Å²) in [6, 6.07) is 4.74. The van der Waals surface area contributed by atoms with E-state index < -0.39 is 48.3 Å². The molecule has 3 heterocycles. The van der Waals surface area contributed by atoms with Crippen LogP contribution in [0.4, 0.5) is 0 Å². The minimum Gasteiger partial charge on any atom is -0.379 e. The highest BCUT2D eigenvalue weighted by Crippen LogP contribution is 2.30. The number of aromatic amines is 1. The van der Waals surface area contributed by atoms with Crippen LogP contribution >= 0.6 is 15.9 Å². The highest BCUT2D eigenvalue weighted by molar-refractivity contribution is 9.09. The van der Waals surface area contributed by atoms with Gasteiger partial charge in [0.1, 0.15) is 12.1 Å². The van der Waals surface area contributed by atoms with Crippen LogP contribution in [-0.2, 0) is 49.5 Å². The third kappa shape index (κ3) is 16.4. The predicted octanol–water partition coefficient (Wildman–Crippen LogP) is 5.84. The molecule has 2 saturated heterocycles. The molecule has 17 nitrogen and oxygen atoms in total. The first-order valence-corrected chi connectivity index (χ1v) is 27.3. The Labute approximate surface area is 432 Å². The molecule has 2 fully saturated rings. The Morgan fingerprint density at radius 2 is 1.61 bits per heavy atom. The number of halogens is 1. The number of alkyl halides is 1. The summed E-state index contributed by atoms with van der Waals surface area (Å²) in [6.45, 7) is 16.4. The van der Waals surface area contributed by atoms with Crippen molar-refractivity contribution in [3.63, 3.8) is 0 Å². The summed E-state index contributed by atoms with van der Waals surface area (Å²) in [6.07, 6.45) is 8.17. The van der Waals surface area contributed by atoms with E-state index in [0.29, 0.717) is 57.4 Å². The van der Waals surface area contributed by atoms with Crippen LogP contribution in [-0.4, -0.2) is 169 Å². The van der Waals surface area contributed by atoms with Gasteiger partial charge in [0, 0.05) is 64.4 Å². The van der Waals surface area contributed by atoms with Crippen molar-refractivity contribution in [1.29, 1.82) is 0 Å². The van der Waals surface area contributed by atoms with Gasteiger partial charge in [-0.25, -0.2) is 5.06 Å². The van der Waals surface area contributed by atoms with Gasteiger partial charge in [-0.2, -0.15) is 0 Å². The van der Waals surface area contributed by atoms with Gasteiger partial charge in [-0.1, -0.05) is 102 Å². The minimum absolute atomic E-state index is 0.0158. The van der Waals surface area contributed by atoms with Gasteiger partial charge >= 0.3 is 0 Å². The predicted molar refractivity (Wildman–Crippen MR) is 280 cm³/mol. The number of benzene rings is 1. The molecule has 71 heavy (non-hydrogen) atoms. The van der Waals surface area contributed by atoms with E-state index in [1.165, 1.54) is 5.06 Å². The topological polar surface area (TPSA) is 195 Å². The number of para-hydroxylation sites is 1. The zero-order valence-electron chi connectivity index (χ0n) is 44.6. The summed E-state index contributed by atoms with van der Waals surface area (Å²) in [7, 11) is 6.80. The Hall–Kier alpha value is -4.10. The summed E-state index contributed by atoms with van der Waals surface area (Å²) in [5.74, 6) is -2.38. The van der Waals surface area contributed by atoms with Crippen molar-refractivity contribution in [3.05, 3.63) is 36.0 Å². The minimum atomic E-state index is -0.902.